The molecule has 1 aromatic carbocycles. The zero-order valence-electron chi connectivity index (χ0n) is 8.33. The Kier molecular flexibility index (Phi) is 2.66. The van der Waals surface area contributed by atoms with Crippen LogP contribution in [0.25, 0.3) is 0 Å². The zero-order valence-corrected chi connectivity index (χ0v) is 9.92. The van der Waals surface area contributed by atoms with Crippen molar-refractivity contribution in [1.82, 2.24) is 0 Å². The van der Waals surface area contributed by atoms with Gasteiger partial charge in [-0.2, -0.15) is 0 Å². The Morgan fingerprint density at radius 1 is 1.50 bits per heavy atom. The molecule has 0 spiro atoms. The molecule has 0 amide bonds. The lowest BCUT2D eigenvalue weighted by Crippen LogP contribution is -2.13. The van der Waals surface area contributed by atoms with E-state index in [1.165, 1.54) is 6.07 Å². The molecular weight excluding hydrogens is 279 g/mol. The van der Waals surface area contributed by atoms with Gasteiger partial charge in [-0.05, 0) is 34.8 Å². The van der Waals surface area contributed by atoms with Crippen LogP contribution in [-0.4, -0.2) is 16.2 Å². The maximum atomic E-state index is 13.1. The molecule has 1 aliphatic rings. The lowest BCUT2D eigenvalue weighted by Gasteiger charge is -2.15. The van der Waals surface area contributed by atoms with Crippen LogP contribution in [0.4, 0.5) is 4.39 Å². The van der Waals surface area contributed by atoms with Crippen molar-refractivity contribution in [2.75, 3.05) is 0 Å². The third kappa shape index (κ3) is 1.91. The number of hydrogen-bond acceptors (Lipinski definition) is 2. The quantitative estimate of drug-likeness (QED) is 0.899. The number of phenols is 1. The number of hydrogen-bond donors (Lipinski definition) is 2. The number of halogens is 2. The molecule has 3 nitrogen and oxygen atoms in total. The van der Waals surface area contributed by atoms with E-state index >= 15 is 0 Å². The first-order valence-corrected chi connectivity index (χ1v) is 5.64. The summed E-state index contributed by atoms with van der Waals surface area (Å²) >= 11 is 3.03. The highest BCUT2D eigenvalue weighted by Crippen LogP contribution is 2.54. The molecule has 0 radical (unpaired) electrons. The molecule has 1 aromatic rings. The van der Waals surface area contributed by atoms with Gasteiger partial charge in [0.05, 0.1) is 10.9 Å². The molecule has 2 rings (SSSR count). The highest BCUT2D eigenvalue weighted by atomic mass is 79.9. The van der Waals surface area contributed by atoms with Crippen molar-refractivity contribution in [2.24, 2.45) is 0 Å². The van der Waals surface area contributed by atoms with Crippen LogP contribution in [0.1, 0.15) is 24.8 Å². The second-order valence-electron chi connectivity index (χ2n) is 4.13. The number of benzene rings is 1. The second-order valence-corrected chi connectivity index (χ2v) is 4.99. The SMILES string of the molecule is O=C(O)CC1(c2cc(Br)c(F)cc2O)CC1. The largest absolute Gasteiger partial charge is 0.508 e. The summed E-state index contributed by atoms with van der Waals surface area (Å²) in [6, 6.07) is 2.49. The van der Waals surface area contributed by atoms with E-state index < -0.39 is 17.2 Å². The Bertz CT molecular complexity index is 455. The summed E-state index contributed by atoms with van der Waals surface area (Å²) in [5, 5.41) is 18.4. The van der Waals surface area contributed by atoms with Crippen LogP contribution in [0.15, 0.2) is 16.6 Å². The molecule has 1 fully saturated rings. The van der Waals surface area contributed by atoms with Gasteiger partial charge in [0.15, 0.2) is 0 Å². The van der Waals surface area contributed by atoms with Gasteiger partial charge in [0.1, 0.15) is 11.6 Å². The highest BCUT2D eigenvalue weighted by Gasteiger charge is 2.47. The molecule has 5 heteroatoms. The number of carboxylic acid groups (broad SMARTS) is 1. The standard InChI is InChI=1S/C11H10BrFO3/c12-7-3-6(9(14)4-8(7)13)11(1-2-11)5-10(15)16/h3-4,14H,1-2,5H2,(H,15,16). The normalized spacial score (nSPS) is 17.1. The molecular formula is C11H10BrFO3. The minimum Gasteiger partial charge on any atom is -0.508 e. The summed E-state index contributed by atoms with van der Waals surface area (Å²) in [5.74, 6) is -1.62. The van der Waals surface area contributed by atoms with E-state index in [0.29, 0.717) is 18.4 Å². The molecule has 0 aromatic heterocycles. The number of aromatic hydroxyl groups is 1. The average Bonchev–Trinajstić information content (AvgIpc) is 2.91. The number of aliphatic carboxylic acids is 1. The van der Waals surface area contributed by atoms with Crippen LogP contribution < -0.4 is 0 Å². The van der Waals surface area contributed by atoms with Crippen LogP contribution in [0.5, 0.6) is 5.75 Å². The van der Waals surface area contributed by atoms with Crippen molar-refractivity contribution < 1.29 is 19.4 Å². The summed E-state index contributed by atoms with van der Waals surface area (Å²) < 4.78 is 13.4. The van der Waals surface area contributed by atoms with Gasteiger partial charge >= 0.3 is 5.97 Å². The number of rotatable bonds is 3. The Hall–Kier alpha value is -1.10. The van der Waals surface area contributed by atoms with Crippen molar-refractivity contribution in [3.8, 4) is 5.75 Å². The van der Waals surface area contributed by atoms with Gasteiger partial charge in [-0.25, -0.2) is 4.39 Å². The molecule has 0 unspecified atom stereocenters. The Morgan fingerprint density at radius 3 is 2.62 bits per heavy atom. The fourth-order valence-corrected chi connectivity index (χ4v) is 2.29. The molecule has 0 saturated heterocycles. The summed E-state index contributed by atoms with van der Waals surface area (Å²) in [5.41, 5.74) is 0.00903. The lowest BCUT2D eigenvalue weighted by atomic mass is 9.91. The van der Waals surface area contributed by atoms with Crippen molar-refractivity contribution in [3.63, 3.8) is 0 Å². The van der Waals surface area contributed by atoms with Crippen LogP contribution in [0, 0.1) is 5.82 Å². The molecule has 16 heavy (non-hydrogen) atoms. The third-order valence-corrected chi connectivity index (χ3v) is 3.56. The fourth-order valence-electron chi connectivity index (χ4n) is 1.94. The van der Waals surface area contributed by atoms with E-state index in [-0.39, 0.29) is 16.6 Å². The summed E-state index contributed by atoms with van der Waals surface area (Å²) in [6.07, 6.45) is 1.40. The predicted octanol–water partition coefficient (Wildman–Crippen LogP) is 2.80. The predicted molar refractivity (Wildman–Crippen MR) is 58.9 cm³/mol. The van der Waals surface area contributed by atoms with Crippen molar-refractivity contribution >= 4 is 21.9 Å². The first-order valence-electron chi connectivity index (χ1n) is 4.85. The fraction of sp³-hybridized carbons (Fsp3) is 0.364. The van der Waals surface area contributed by atoms with Gasteiger partial charge in [0, 0.05) is 17.0 Å². The molecule has 0 heterocycles. The summed E-state index contributed by atoms with van der Waals surface area (Å²) in [6.45, 7) is 0. The highest BCUT2D eigenvalue weighted by molar-refractivity contribution is 9.10. The van der Waals surface area contributed by atoms with Gasteiger partial charge in [-0.3, -0.25) is 4.79 Å². The Morgan fingerprint density at radius 2 is 2.12 bits per heavy atom. The van der Waals surface area contributed by atoms with Crippen molar-refractivity contribution in [1.29, 1.82) is 0 Å². The second kappa shape index (κ2) is 3.73. The summed E-state index contributed by atoms with van der Waals surface area (Å²) in [4.78, 5) is 10.7. The summed E-state index contributed by atoms with van der Waals surface area (Å²) in [7, 11) is 0. The van der Waals surface area contributed by atoms with Crippen LogP contribution in [0.3, 0.4) is 0 Å². The number of phenolic OH excluding ortho intramolecular Hbond substituents is 1. The van der Waals surface area contributed by atoms with Gasteiger partial charge in [0.25, 0.3) is 0 Å². The molecule has 2 N–H and O–H groups in total. The topological polar surface area (TPSA) is 57.5 Å². The Balaban J connectivity index is 2.41. The molecule has 1 aliphatic carbocycles. The lowest BCUT2D eigenvalue weighted by molar-refractivity contribution is -0.137. The minimum atomic E-state index is -0.905. The monoisotopic (exact) mass is 288 g/mol. The zero-order chi connectivity index (χ0) is 11.9. The Labute approximate surface area is 100 Å². The maximum absolute atomic E-state index is 13.1. The van der Waals surface area contributed by atoms with Crippen LogP contribution in [0.2, 0.25) is 0 Å². The first kappa shape index (κ1) is 11.4. The van der Waals surface area contributed by atoms with Gasteiger partial charge < -0.3 is 10.2 Å². The van der Waals surface area contributed by atoms with E-state index in [9.17, 15) is 14.3 Å². The van der Waals surface area contributed by atoms with E-state index in [2.05, 4.69) is 15.9 Å². The van der Waals surface area contributed by atoms with Gasteiger partial charge in [0.2, 0.25) is 0 Å². The number of carboxylic acids is 1. The van der Waals surface area contributed by atoms with E-state index in [1.54, 1.807) is 0 Å². The van der Waals surface area contributed by atoms with Crippen LogP contribution >= 0.6 is 15.9 Å². The minimum absolute atomic E-state index is 0.0291. The van der Waals surface area contributed by atoms with Gasteiger partial charge in [-0.15, -0.1) is 0 Å². The van der Waals surface area contributed by atoms with Crippen molar-refractivity contribution in [2.45, 2.75) is 24.7 Å². The smallest absolute Gasteiger partial charge is 0.304 e. The van der Waals surface area contributed by atoms with Gasteiger partial charge in [-0.1, -0.05) is 0 Å². The molecule has 1 saturated carbocycles. The number of carbonyl (C=O) groups is 1. The van der Waals surface area contributed by atoms with Crippen LogP contribution in [-0.2, 0) is 10.2 Å². The molecule has 0 aliphatic heterocycles. The van der Waals surface area contributed by atoms with Crippen molar-refractivity contribution in [3.05, 3.63) is 28.0 Å². The molecule has 0 atom stereocenters. The molecule has 86 valence electrons. The van der Waals surface area contributed by atoms with E-state index in [4.69, 9.17) is 5.11 Å². The van der Waals surface area contributed by atoms with E-state index in [1.807, 2.05) is 0 Å². The maximum Gasteiger partial charge on any atom is 0.304 e. The van der Waals surface area contributed by atoms with E-state index in [0.717, 1.165) is 6.07 Å². The average molecular weight is 289 g/mol. The first-order chi connectivity index (χ1) is 7.44. The molecule has 0 bridgehead atoms. The third-order valence-electron chi connectivity index (χ3n) is 2.95.